The molecule has 0 aliphatic rings. The van der Waals surface area contributed by atoms with E-state index >= 15 is 0 Å². The van der Waals surface area contributed by atoms with Gasteiger partial charge in [-0.2, -0.15) is 0 Å². The molecule has 1 nitrogen and oxygen atoms in total. The van der Waals surface area contributed by atoms with Gasteiger partial charge in [0.1, 0.15) is 5.82 Å². The molecule has 1 unspecified atom stereocenters. The molecule has 0 aromatic heterocycles. The molecule has 1 rings (SSSR count). The van der Waals surface area contributed by atoms with Crippen molar-refractivity contribution in [3.8, 4) is 0 Å². The second-order valence-corrected chi connectivity index (χ2v) is 5.11. The monoisotopic (exact) mass is 271 g/mol. The van der Waals surface area contributed by atoms with Gasteiger partial charge in [0.05, 0.1) is 0 Å². The third-order valence-corrected chi connectivity index (χ3v) is 3.66. The molecule has 3 heteroatoms. The van der Waals surface area contributed by atoms with E-state index in [0.717, 1.165) is 25.8 Å². The van der Waals surface area contributed by atoms with Crippen molar-refractivity contribution in [2.45, 2.75) is 46.1 Å². The van der Waals surface area contributed by atoms with Crippen LogP contribution in [-0.4, -0.2) is 6.54 Å². The van der Waals surface area contributed by atoms with E-state index < -0.39 is 0 Å². The zero-order valence-electron chi connectivity index (χ0n) is 11.5. The van der Waals surface area contributed by atoms with E-state index in [1.165, 1.54) is 6.07 Å². The molecule has 102 valence electrons. The molecule has 0 saturated carbocycles. The fourth-order valence-corrected chi connectivity index (χ4v) is 2.52. The molecule has 1 aromatic rings. The van der Waals surface area contributed by atoms with Crippen molar-refractivity contribution in [1.29, 1.82) is 0 Å². The highest BCUT2D eigenvalue weighted by Gasteiger charge is 2.22. The Balaban J connectivity index is 3.03. The Morgan fingerprint density at radius 2 is 1.89 bits per heavy atom. The van der Waals surface area contributed by atoms with Crippen LogP contribution in [0.1, 0.15) is 51.6 Å². The van der Waals surface area contributed by atoms with E-state index in [1.54, 1.807) is 12.1 Å². The van der Waals surface area contributed by atoms with Gasteiger partial charge in [-0.05, 0) is 37.1 Å². The lowest BCUT2D eigenvalue weighted by atomic mass is 9.88. The van der Waals surface area contributed by atoms with Crippen LogP contribution >= 0.6 is 11.6 Å². The number of hydrogen-bond donors (Lipinski definition) is 1. The molecule has 0 aliphatic carbocycles. The van der Waals surface area contributed by atoms with Crippen LogP contribution in [0, 0.1) is 11.7 Å². The summed E-state index contributed by atoms with van der Waals surface area (Å²) >= 11 is 5.99. The van der Waals surface area contributed by atoms with E-state index in [0.29, 0.717) is 16.5 Å². The van der Waals surface area contributed by atoms with Gasteiger partial charge < -0.3 is 5.32 Å². The van der Waals surface area contributed by atoms with Gasteiger partial charge in [0.15, 0.2) is 0 Å². The van der Waals surface area contributed by atoms with Gasteiger partial charge in [-0.1, -0.05) is 45.2 Å². The van der Waals surface area contributed by atoms with Gasteiger partial charge in [0.2, 0.25) is 0 Å². The summed E-state index contributed by atoms with van der Waals surface area (Å²) in [7, 11) is 0. The average Bonchev–Trinajstić information content (AvgIpc) is 2.38. The zero-order chi connectivity index (χ0) is 13.5. The lowest BCUT2D eigenvalue weighted by Crippen LogP contribution is -2.29. The largest absolute Gasteiger partial charge is 0.310 e. The van der Waals surface area contributed by atoms with E-state index in [2.05, 4.69) is 26.1 Å². The van der Waals surface area contributed by atoms with Crippen molar-refractivity contribution in [3.05, 3.63) is 34.6 Å². The molecule has 0 fully saturated rings. The summed E-state index contributed by atoms with van der Waals surface area (Å²) in [5, 5.41) is 4.05. The first-order valence-electron chi connectivity index (χ1n) is 6.82. The molecule has 0 heterocycles. The van der Waals surface area contributed by atoms with Gasteiger partial charge in [-0.25, -0.2) is 4.39 Å². The number of rotatable bonds is 7. The summed E-state index contributed by atoms with van der Waals surface area (Å²) in [4.78, 5) is 0. The minimum Gasteiger partial charge on any atom is -0.310 e. The van der Waals surface area contributed by atoms with Gasteiger partial charge in [0, 0.05) is 16.6 Å². The second kappa shape index (κ2) is 7.75. The Labute approximate surface area is 115 Å². The zero-order valence-corrected chi connectivity index (χ0v) is 12.2. The highest BCUT2D eigenvalue weighted by Crippen LogP contribution is 2.30. The first-order valence-corrected chi connectivity index (χ1v) is 7.20. The molecule has 1 aromatic carbocycles. The quantitative estimate of drug-likeness (QED) is 0.739. The van der Waals surface area contributed by atoms with Gasteiger partial charge in [-0.15, -0.1) is 0 Å². The fourth-order valence-electron chi connectivity index (χ4n) is 2.34. The van der Waals surface area contributed by atoms with Gasteiger partial charge >= 0.3 is 0 Å². The van der Waals surface area contributed by atoms with E-state index in [-0.39, 0.29) is 11.9 Å². The van der Waals surface area contributed by atoms with E-state index in [1.807, 2.05) is 0 Å². The number of hydrogen-bond acceptors (Lipinski definition) is 1. The molecule has 18 heavy (non-hydrogen) atoms. The lowest BCUT2D eigenvalue weighted by molar-refractivity contribution is 0.333. The fraction of sp³-hybridized carbons (Fsp3) is 0.600. The predicted octanol–water partition coefficient (Wildman–Crippen LogP) is 4.96. The maximum Gasteiger partial charge on any atom is 0.128 e. The first kappa shape index (κ1) is 15.5. The molecule has 0 radical (unpaired) electrons. The van der Waals surface area contributed by atoms with Crippen molar-refractivity contribution in [3.63, 3.8) is 0 Å². The predicted molar refractivity (Wildman–Crippen MR) is 76.5 cm³/mol. The van der Waals surface area contributed by atoms with Crippen LogP contribution < -0.4 is 5.32 Å². The Morgan fingerprint density at radius 1 is 1.22 bits per heavy atom. The van der Waals surface area contributed by atoms with Crippen LogP contribution in [0.3, 0.4) is 0 Å². The number of nitrogens with one attached hydrogen (secondary N) is 1. The average molecular weight is 272 g/mol. The summed E-state index contributed by atoms with van der Waals surface area (Å²) in [6, 6.07) is 4.87. The second-order valence-electron chi connectivity index (χ2n) is 4.67. The highest BCUT2D eigenvalue weighted by molar-refractivity contribution is 6.30. The van der Waals surface area contributed by atoms with E-state index in [4.69, 9.17) is 11.6 Å². The molecule has 0 amide bonds. The highest BCUT2D eigenvalue weighted by atomic mass is 35.5. The van der Waals surface area contributed by atoms with Crippen molar-refractivity contribution >= 4 is 11.6 Å². The first-order chi connectivity index (χ1) is 8.63. The van der Waals surface area contributed by atoms with Crippen molar-refractivity contribution in [2.75, 3.05) is 6.54 Å². The lowest BCUT2D eigenvalue weighted by Gasteiger charge is -2.27. The maximum atomic E-state index is 14.0. The minimum absolute atomic E-state index is 0.0543. The third kappa shape index (κ3) is 3.96. The van der Waals surface area contributed by atoms with Crippen LogP contribution in [0.25, 0.3) is 0 Å². The SMILES string of the molecule is CCCNC(c1cc(Cl)ccc1F)C(CC)CC. The van der Waals surface area contributed by atoms with Gasteiger partial charge in [-0.3, -0.25) is 0 Å². The molecular formula is C15H23ClFN. The smallest absolute Gasteiger partial charge is 0.128 e. The number of benzene rings is 1. The topological polar surface area (TPSA) is 12.0 Å². The normalized spacial score (nSPS) is 13.0. The molecule has 1 N–H and O–H groups in total. The van der Waals surface area contributed by atoms with Crippen LogP contribution in [0.5, 0.6) is 0 Å². The van der Waals surface area contributed by atoms with Gasteiger partial charge in [0.25, 0.3) is 0 Å². The third-order valence-electron chi connectivity index (χ3n) is 3.43. The molecular weight excluding hydrogens is 249 g/mol. The summed E-state index contributed by atoms with van der Waals surface area (Å²) in [5.41, 5.74) is 0.699. The molecule has 0 aliphatic heterocycles. The van der Waals surface area contributed by atoms with Crippen LogP contribution in [0.4, 0.5) is 4.39 Å². The molecule has 0 bridgehead atoms. The number of halogens is 2. The molecule has 0 saturated heterocycles. The van der Waals surface area contributed by atoms with Crippen LogP contribution in [0.15, 0.2) is 18.2 Å². The van der Waals surface area contributed by atoms with E-state index in [9.17, 15) is 4.39 Å². The maximum absolute atomic E-state index is 14.0. The van der Waals surface area contributed by atoms with Crippen molar-refractivity contribution < 1.29 is 4.39 Å². The standard InChI is InChI=1S/C15H23ClFN/c1-4-9-18-15(11(5-2)6-3)13-10-12(16)7-8-14(13)17/h7-8,10-11,15,18H,4-6,9H2,1-3H3. The summed E-state index contributed by atoms with van der Waals surface area (Å²) in [6.07, 6.45) is 3.10. The summed E-state index contributed by atoms with van der Waals surface area (Å²) in [6.45, 7) is 7.31. The Morgan fingerprint density at radius 3 is 2.44 bits per heavy atom. The van der Waals surface area contributed by atoms with Crippen LogP contribution in [-0.2, 0) is 0 Å². The Bertz CT molecular complexity index is 364. The molecule has 0 spiro atoms. The summed E-state index contributed by atoms with van der Waals surface area (Å²) < 4.78 is 14.0. The minimum atomic E-state index is -0.167. The van der Waals surface area contributed by atoms with Crippen molar-refractivity contribution in [2.24, 2.45) is 5.92 Å². The van der Waals surface area contributed by atoms with Crippen molar-refractivity contribution in [1.82, 2.24) is 5.32 Å². The van der Waals surface area contributed by atoms with Crippen LogP contribution in [0.2, 0.25) is 5.02 Å². The Hall–Kier alpha value is -0.600. The Kier molecular flexibility index (Phi) is 6.66. The summed E-state index contributed by atoms with van der Waals surface area (Å²) in [5.74, 6) is 0.268. The molecule has 1 atom stereocenters.